The summed E-state index contributed by atoms with van der Waals surface area (Å²) in [6.45, 7) is 5.15. The van der Waals surface area contributed by atoms with E-state index in [4.69, 9.17) is 4.42 Å². The van der Waals surface area contributed by atoms with Crippen LogP contribution in [0.2, 0.25) is 0 Å². The van der Waals surface area contributed by atoms with Crippen molar-refractivity contribution in [3.63, 3.8) is 0 Å². The third-order valence-corrected chi connectivity index (χ3v) is 3.78. The predicted molar refractivity (Wildman–Crippen MR) is 85.3 cm³/mol. The summed E-state index contributed by atoms with van der Waals surface area (Å²) in [6.07, 6.45) is 4.51. The van der Waals surface area contributed by atoms with Gasteiger partial charge in [-0.25, -0.2) is 0 Å². The monoisotopic (exact) mass is 280 g/mol. The van der Waals surface area contributed by atoms with Crippen LogP contribution < -0.4 is 5.32 Å². The van der Waals surface area contributed by atoms with E-state index in [-0.39, 0.29) is 6.04 Å². The van der Waals surface area contributed by atoms with Crippen LogP contribution in [0.5, 0.6) is 0 Å². The molecule has 3 nitrogen and oxygen atoms in total. The number of pyridine rings is 1. The predicted octanol–water partition coefficient (Wildman–Crippen LogP) is 4.09. The van der Waals surface area contributed by atoms with E-state index in [0.717, 1.165) is 24.2 Å². The summed E-state index contributed by atoms with van der Waals surface area (Å²) >= 11 is 0. The Morgan fingerprint density at radius 2 is 2.10 bits per heavy atom. The highest BCUT2D eigenvalue weighted by atomic mass is 16.3. The molecule has 0 radical (unpaired) electrons. The Kier molecular flexibility index (Phi) is 4.02. The molecule has 21 heavy (non-hydrogen) atoms. The minimum atomic E-state index is 0.160. The average Bonchev–Trinajstić information content (AvgIpc) is 3.00. The van der Waals surface area contributed by atoms with Gasteiger partial charge in [-0.2, -0.15) is 0 Å². The Bertz CT molecular complexity index is 733. The van der Waals surface area contributed by atoms with Gasteiger partial charge in [-0.3, -0.25) is 4.98 Å². The van der Waals surface area contributed by atoms with Gasteiger partial charge in [-0.05, 0) is 36.4 Å². The molecule has 0 saturated heterocycles. The molecule has 1 N–H and O–H groups in total. The number of rotatable bonds is 5. The number of benzene rings is 1. The number of furan rings is 1. The smallest absolute Gasteiger partial charge is 0.108 e. The zero-order valence-electron chi connectivity index (χ0n) is 12.5. The van der Waals surface area contributed by atoms with Crippen molar-refractivity contribution in [3.05, 3.63) is 65.7 Å². The van der Waals surface area contributed by atoms with E-state index in [1.807, 2.05) is 12.3 Å². The fraction of sp³-hybridized carbons (Fsp3) is 0.278. The van der Waals surface area contributed by atoms with Gasteiger partial charge in [0.05, 0.1) is 17.8 Å². The molecule has 0 spiro atoms. The summed E-state index contributed by atoms with van der Waals surface area (Å²) in [7, 11) is 0. The molecule has 0 aliphatic heterocycles. The van der Waals surface area contributed by atoms with Crippen molar-refractivity contribution in [2.24, 2.45) is 0 Å². The Balaban J connectivity index is 2.06. The zero-order valence-corrected chi connectivity index (χ0v) is 12.5. The quantitative estimate of drug-likeness (QED) is 0.765. The van der Waals surface area contributed by atoms with Crippen molar-refractivity contribution < 1.29 is 4.42 Å². The number of hydrogen-bond donors (Lipinski definition) is 1. The fourth-order valence-electron chi connectivity index (χ4n) is 2.78. The first-order chi connectivity index (χ1) is 10.3. The first-order valence-electron chi connectivity index (χ1n) is 7.47. The molecule has 0 fully saturated rings. The maximum Gasteiger partial charge on any atom is 0.108 e. The van der Waals surface area contributed by atoms with Crippen LogP contribution in [0.25, 0.3) is 10.9 Å². The number of hydrogen-bond acceptors (Lipinski definition) is 3. The lowest BCUT2D eigenvalue weighted by molar-refractivity contribution is 0.502. The van der Waals surface area contributed by atoms with Crippen LogP contribution in [-0.4, -0.2) is 11.5 Å². The summed E-state index contributed by atoms with van der Waals surface area (Å²) in [5.41, 5.74) is 3.50. The van der Waals surface area contributed by atoms with Gasteiger partial charge in [0.15, 0.2) is 0 Å². The van der Waals surface area contributed by atoms with E-state index in [1.165, 1.54) is 16.5 Å². The molecule has 1 aromatic carbocycles. The molecule has 108 valence electrons. The topological polar surface area (TPSA) is 38.1 Å². The molecule has 0 amide bonds. The first kappa shape index (κ1) is 13.8. The lowest BCUT2D eigenvalue weighted by Crippen LogP contribution is -2.22. The van der Waals surface area contributed by atoms with Crippen molar-refractivity contribution in [2.45, 2.75) is 26.3 Å². The maximum absolute atomic E-state index is 5.60. The standard InChI is InChI=1S/C18H20N2O/c1-3-17-15(9-11-21-17)18(19-4-2)14-7-8-16-13(12-14)6-5-10-20-16/h5-12,18-19H,3-4H2,1-2H3. The lowest BCUT2D eigenvalue weighted by atomic mass is 9.97. The number of aryl methyl sites for hydroxylation is 1. The van der Waals surface area contributed by atoms with Crippen molar-refractivity contribution in [1.29, 1.82) is 0 Å². The van der Waals surface area contributed by atoms with E-state index in [1.54, 1.807) is 6.26 Å². The Hall–Kier alpha value is -2.13. The molecule has 2 heterocycles. The molecule has 1 atom stereocenters. The highest BCUT2D eigenvalue weighted by Crippen LogP contribution is 2.28. The fourth-order valence-corrected chi connectivity index (χ4v) is 2.78. The van der Waals surface area contributed by atoms with Gasteiger partial charge in [0.2, 0.25) is 0 Å². The molecule has 3 aromatic rings. The lowest BCUT2D eigenvalue weighted by Gasteiger charge is -2.19. The van der Waals surface area contributed by atoms with E-state index >= 15 is 0 Å². The number of nitrogens with zero attached hydrogens (tertiary/aromatic N) is 1. The van der Waals surface area contributed by atoms with Crippen molar-refractivity contribution in [2.75, 3.05) is 6.54 Å². The minimum Gasteiger partial charge on any atom is -0.469 e. The van der Waals surface area contributed by atoms with Gasteiger partial charge < -0.3 is 9.73 Å². The molecule has 2 aromatic heterocycles. The van der Waals surface area contributed by atoms with Gasteiger partial charge in [-0.1, -0.05) is 26.0 Å². The van der Waals surface area contributed by atoms with Crippen LogP contribution >= 0.6 is 0 Å². The summed E-state index contributed by atoms with van der Waals surface area (Å²) in [5, 5.41) is 4.73. The van der Waals surface area contributed by atoms with E-state index in [0.29, 0.717) is 0 Å². The van der Waals surface area contributed by atoms with E-state index in [9.17, 15) is 0 Å². The number of aromatic nitrogens is 1. The molecular formula is C18H20N2O. The van der Waals surface area contributed by atoms with Crippen LogP contribution in [0.3, 0.4) is 0 Å². The van der Waals surface area contributed by atoms with Gasteiger partial charge >= 0.3 is 0 Å². The summed E-state index contributed by atoms with van der Waals surface area (Å²) in [5.74, 6) is 1.05. The van der Waals surface area contributed by atoms with E-state index < -0.39 is 0 Å². The average molecular weight is 280 g/mol. The normalized spacial score (nSPS) is 12.7. The highest BCUT2D eigenvalue weighted by Gasteiger charge is 2.18. The SMILES string of the molecule is CCNC(c1ccc2ncccc2c1)c1ccoc1CC. The molecule has 0 saturated carbocycles. The third kappa shape index (κ3) is 2.69. The molecule has 3 rings (SSSR count). The summed E-state index contributed by atoms with van der Waals surface area (Å²) in [4.78, 5) is 4.39. The highest BCUT2D eigenvalue weighted by molar-refractivity contribution is 5.79. The van der Waals surface area contributed by atoms with Gasteiger partial charge in [0.25, 0.3) is 0 Å². The second-order valence-corrected chi connectivity index (χ2v) is 5.10. The van der Waals surface area contributed by atoms with Crippen LogP contribution in [-0.2, 0) is 6.42 Å². The summed E-state index contributed by atoms with van der Waals surface area (Å²) in [6, 6.07) is 12.7. The van der Waals surface area contributed by atoms with E-state index in [2.05, 4.69) is 54.5 Å². The van der Waals surface area contributed by atoms with Crippen molar-refractivity contribution in [1.82, 2.24) is 10.3 Å². The molecular weight excluding hydrogens is 260 g/mol. The van der Waals surface area contributed by atoms with Crippen LogP contribution in [0.15, 0.2) is 53.3 Å². The Morgan fingerprint density at radius 1 is 1.19 bits per heavy atom. The second-order valence-electron chi connectivity index (χ2n) is 5.10. The van der Waals surface area contributed by atoms with Crippen LogP contribution in [0, 0.1) is 0 Å². The Labute approximate surface area is 125 Å². The Morgan fingerprint density at radius 3 is 2.90 bits per heavy atom. The molecule has 1 unspecified atom stereocenters. The molecule has 0 aliphatic carbocycles. The third-order valence-electron chi connectivity index (χ3n) is 3.78. The minimum absolute atomic E-state index is 0.160. The van der Waals surface area contributed by atoms with Crippen LogP contribution in [0.4, 0.5) is 0 Å². The maximum atomic E-state index is 5.60. The van der Waals surface area contributed by atoms with Crippen molar-refractivity contribution >= 4 is 10.9 Å². The molecule has 3 heteroatoms. The number of nitrogens with one attached hydrogen (secondary N) is 1. The summed E-state index contributed by atoms with van der Waals surface area (Å²) < 4.78 is 5.60. The first-order valence-corrected chi connectivity index (χ1v) is 7.47. The second kappa shape index (κ2) is 6.10. The van der Waals surface area contributed by atoms with Gasteiger partial charge in [0.1, 0.15) is 5.76 Å². The molecule has 0 aliphatic rings. The molecule has 0 bridgehead atoms. The van der Waals surface area contributed by atoms with Gasteiger partial charge in [-0.15, -0.1) is 0 Å². The van der Waals surface area contributed by atoms with Gasteiger partial charge in [0, 0.05) is 23.6 Å². The zero-order chi connectivity index (χ0) is 14.7. The van der Waals surface area contributed by atoms with Crippen molar-refractivity contribution in [3.8, 4) is 0 Å². The largest absolute Gasteiger partial charge is 0.469 e. The number of fused-ring (bicyclic) bond motifs is 1. The van der Waals surface area contributed by atoms with Crippen LogP contribution in [0.1, 0.15) is 36.8 Å².